The average Bonchev–Trinajstić information content (AvgIpc) is 2.71. The summed E-state index contributed by atoms with van der Waals surface area (Å²) in [6, 6.07) is 3.36. The van der Waals surface area contributed by atoms with Gasteiger partial charge in [-0.1, -0.05) is 25.7 Å². The van der Waals surface area contributed by atoms with Crippen LogP contribution in [0.25, 0.3) is 0 Å². The Morgan fingerprint density at radius 3 is 2.71 bits per heavy atom. The topological polar surface area (TPSA) is 74.4 Å². The third-order valence-electron chi connectivity index (χ3n) is 3.86. The minimum atomic E-state index is -0.410. The summed E-state index contributed by atoms with van der Waals surface area (Å²) in [4.78, 5) is 16.0. The van der Waals surface area contributed by atoms with Crippen molar-refractivity contribution in [1.29, 1.82) is 0 Å². The Bertz CT molecular complexity index is 468. The minimum Gasteiger partial charge on any atom is -0.475 e. The number of rotatable bonds is 5. The van der Waals surface area contributed by atoms with Crippen LogP contribution in [0.5, 0.6) is 5.88 Å². The molecule has 5 heteroatoms. The van der Waals surface area contributed by atoms with E-state index in [2.05, 4.69) is 4.98 Å². The molecule has 0 aliphatic heterocycles. The monoisotopic (exact) mass is 292 g/mol. The van der Waals surface area contributed by atoms with E-state index in [1.54, 1.807) is 25.3 Å². The maximum atomic E-state index is 11.9. The van der Waals surface area contributed by atoms with Crippen LogP contribution in [0, 0.1) is 0 Å². The van der Waals surface area contributed by atoms with Gasteiger partial charge >= 0.3 is 5.97 Å². The number of aromatic nitrogens is 1. The second kappa shape index (κ2) is 7.41. The van der Waals surface area contributed by atoms with Gasteiger partial charge in [-0.05, 0) is 31.9 Å². The van der Waals surface area contributed by atoms with Gasteiger partial charge in [0.15, 0.2) is 0 Å². The molecule has 0 amide bonds. The number of carbonyl (C=O) groups is 1. The first-order valence-corrected chi connectivity index (χ1v) is 7.68. The molecule has 0 unspecified atom stereocenters. The van der Waals surface area contributed by atoms with Crippen molar-refractivity contribution >= 4 is 5.97 Å². The van der Waals surface area contributed by atoms with Gasteiger partial charge in [0.1, 0.15) is 12.2 Å². The molecule has 0 aromatic carbocycles. The van der Waals surface area contributed by atoms with E-state index in [0.29, 0.717) is 24.7 Å². The Balaban J connectivity index is 2.04. The quantitative estimate of drug-likeness (QED) is 0.667. The zero-order valence-corrected chi connectivity index (χ0v) is 12.6. The van der Waals surface area contributed by atoms with Crippen LogP contribution in [0.3, 0.4) is 0 Å². The molecule has 1 heterocycles. The first-order valence-electron chi connectivity index (χ1n) is 7.68. The molecule has 0 saturated heterocycles. The predicted molar refractivity (Wildman–Crippen MR) is 80.3 cm³/mol. The van der Waals surface area contributed by atoms with E-state index >= 15 is 0 Å². The van der Waals surface area contributed by atoms with Gasteiger partial charge in [-0.15, -0.1) is 0 Å². The molecule has 5 nitrogen and oxygen atoms in total. The first-order chi connectivity index (χ1) is 10.1. The number of pyridine rings is 1. The standard InChI is InChI=1S/C16H24N2O3/c1-2-20-15(19)13-8-7-11-18-14(13)21-12-16(17)9-5-3-4-6-10-16/h7-8,11H,2-6,9-10,12,17H2,1H3. The molecule has 2 N–H and O–H groups in total. The summed E-state index contributed by atoms with van der Waals surface area (Å²) in [7, 11) is 0. The highest BCUT2D eigenvalue weighted by Gasteiger charge is 2.28. The Morgan fingerprint density at radius 1 is 1.33 bits per heavy atom. The summed E-state index contributed by atoms with van der Waals surface area (Å²) in [6.45, 7) is 2.49. The Kier molecular flexibility index (Phi) is 5.56. The fourth-order valence-corrected chi connectivity index (χ4v) is 2.66. The van der Waals surface area contributed by atoms with E-state index in [0.717, 1.165) is 25.7 Å². The summed E-state index contributed by atoms with van der Waals surface area (Å²) in [5, 5.41) is 0. The van der Waals surface area contributed by atoms with Crippen LogP contribution >= 0.6 is 0 Å². The van der Waals surface area contributed by atoms with Crippen molar-refractivity contribution < 1.29 is 14.3 Å². The second-order valence-corrected chi connectivity index (χ2v) is 5.64. The molecule has 1 fully saturated rings. The van der Waals surface area contributed by atoms with Crippen molar-refractivity contribution in [2.24, 2.45) is 5.73 Å². The van der Waals surface area contributed by atoms with Gasteiger partial charge in [0.2, 0.25) is 5.88 Å². The minimum absolute atomic E-state index is 0.310. The van der Waals surface area contributed by atoms with Crippen molar-refractivity contribution in [3.8, 4) is 5.88 Å². The van der Waals surface area contributed by atoms with E-state index in [9.17, 15) is 4.79 Å². The van der Waals surface area contributed by atoms with Gasteiger partial charge in [0.05, 0.1) is 12.1 Å². The molecule has 1 aromatic heterocycles. The van der Waals surface area contributed by atoms with E-state index < -0.39 is 5.97 Å². The predicted octanol–water partition coefficient (Wildman–Crippen LogP) is 2.69. The third kappa shape index (κ3) is 4.43. The number of nitrogens with two attached hydrogens (primary N) is 1. The molecule has 0 bridgehead atoms. The van der Waals surface area contributed by atoms with Crippen LogP contribution in [-0.2, 0) is 4.74 Å². The maximum absolute atomic E-state index is 11.9. The van der Waals surface area contributed by atoms with Gasteiger partial charge < -0.3 is 15.2 Å². The number of carbonyl (C=O) groups excluding carboxylic acids is 1. The number of hydrogen-bond donors (Lipinski definition) is 1. The molecule has 1 aromatic rings. The normalized spacial score (nSPS) is 17.8. The lowest BCUT2D eigenvalue weighted by Crippen LogP contribution is -2.45. The average molecular weight is 292 g/mol. The van der Waals surface area contributed by atoms with Crippen molar-refractivity contribution in [2.45, 2.75) is 51.0 Å². The number of ether oxygens (including phenoxy) is 2. The zero-order valence-electron chi connectivity index (χ0n) is 12.6. The molecule has 0 spiro atoms. The van der Waals surface area contributed by atoms with Crippen molar-refractivity contribution in [3.63, 3.8) is 0 Å². The number of nitrogens with zero attached hydrogens (tertiary/aromatic N) is 1. The Labute approximate surface area is 125 Å². The number of hydrogen-bond acceptors (Lipinski definition) is 5. The lowest BCUT2D eigenvalue weighted by molar-refractivity contribution is 0.0518. The summed E-state index contributed by atoms with van der Waals surface area (Å²) in [6.07, 6.45) is 8.24. The van der Waals surface area contributed by atoms with Crippen molar-refractivity contribution in [3.05, 3.63) is 23.9 Å². The van der Waals surface area contributed by atoms with Gasteiger partial charge in [-0.3, -0.25) is 0 Å². The van der Waals surface area contributed by atoms with Crippen LogP contribution in [-0.4, -0.2) is 29.7 Å². The van der Waals surface area contributed by atoms with Gasteiger partial charge in [0, 0.05) is 6.20 Å². The second-order valence-electron chi connectivity index (χ2n) is 5.64. The smallest absolute Gasteiger partial charge is 0.343 e. The fourth-order valence-electron chi connectivity index (χ4n) is 2.66. The maximum Gasteiger partial charge on any atom is 0.343 e. The van der Waals surface area contributed by atoms with E-state index in [4.69, 9.17) is 15.2 Å². The Hall–Kier alpha value is -1.62. The first kappa shape index (κ1) is 15.8. The zero-order chi connectivity index (χ0) is 15.1. The van der Waals surface area contributed by atoms with Crippen LogP contribution in [0.2, 0.25) is 0 Å². The van der Waals surface area contributed by atoms with Crippen LogP contribution in [0.1, 0.15) is 55.8 Å². The summed E-state index contributed by atoms with van der Waals surface area (Å²) < 4.78 is 10.8. The molecule has 0 radical (unpaired) electrons. The van der Waals surface area contributed by atoms with Crippen LogP contribution < -0.4 is 10.5 Å². The van der Waals surface area contributed by atoms with Crippen molar-refractivity contribution in [1.82, 2.24) is 4.98 Å². The number of esters is 1. The lowest BCUT2D eigenvalue weighted by atomic mass is 9.93. The summed E-state index contributed by atoms with van der Waals surface area (Å²) in [5.41, 5.74) is 6.46. The molecule has 0 atom stereocenters. The highest BCUT2D eigenvalue weighted by atomic mass is 16.5. The van der Waals surface area contributed by atoms with E-state index in [-0.39, 0.29) is 5.54 Å². The molecule has 1 saturated carbocycles. The van der Waals surface area contributed by atoms with Gasteiger partial charge in [-0.25, -0.2) is 9.78 Å². The molecular formula is C16H24N2O3. The SMILES string of the molecule is CCOC(=O)c1cccnc1OCC1(N)CCCCCC1. The van der Waals surface area contributed by atoms with Crippen molar-refractivity contribution in [2.75, 3.05) is 13.2 Å². The Morgan fingerprint density at radius 2 is 2.05 bits per heavy atom. The van der Waals surface area contributed by atoms with Crippen LogP contribution in [0.4, 0.5) is 0 Å². The molecular weight excluding hydrogens is 268 g/mol. The largest absolute Gasteiger partial charge is 0.475 e. The van der Waals surface area contributed by atoms with E-state index in [1.165, 1.54) is 12.8 Å². The van der Waals surface area contributed by atoms with Crippen LogP contribution in [0.15, 0.2) is 18.3 Å². The molecule has 1 aliphatic carbocycles. The lowest BCUT2D eigenvalue weighted by Gasteiger charge is -2.27. The van der Waals surface area contributed by atoms with Gasteiger partial charge in [0.25, 0.3) is 0 Å². The molecule has 2 rings (SSSR count). The van der Waals surface area contributed by atoms with E-state index in [1.807, 2.05) is 0 Å². The fraction of sp³-hybridized carbons (Fsp3) is 0.625. The summed E-state index contributed by atoms with van der Waals surface area (Å²) in [5.74, 6) is -0.0995. The summed E-state index contributed by atoms with van der Waals surface area (Å²) >= 11 is 0. The molecule has 116 valence electrons. The molecule has 21 heavy (non-hydrogen) atoms. The highest BCUT2D eigenvalue weighted by Crippen LogP contribution is 2.26. The molecule has 1 aliphatic rings. The third-order valence-corrected chi connectivity index (χ3v) is 3.86. The highest BCUT2D eigenvalue weighted by molar-refractivity contribution is 5.91. The van der Waals surface area contributed by atoms with Gasteiger partial charge in [-0.2, -0.15) is 0 Å².